The van der Waals surface area contributed by atoms with Gasteiger partial charge in [0.05, 0.1) is 16.9 Å². The van der Waals surface area contributed by atoms with Crippen LogP contribution in [0.4, 0.5) is 8.78 Å². The molecule has 1 N–H and O–H groups in total. The van der Waals surface area contributed by atoms with E-state index in [0.29, 0.717) is 28.5 Å². The molecule has 4 nitrogen and oxygen atoms in total. The van der Waals surface area contributed by atoms with Gasteiger partial charge >= 0.3 is 0 Å². The van der Waals surface area contributed by atoms with Crippen molar-refractivity contribution in [3.05, 3.63) is 76.4 Å². The number of halogens is 3. The maximum absolute atomic E-state index is 14.7. The van der Waals surface area contributed by atoms with E-state index < -0.39 is 11.6 Å². The van der Waals surface area contributed by atoms with E-state index in [0.717, 1.165) is 31.3 Å². The normalized spacial score (nSPS) is 14.5. The SMILES string of the molecule is Cc1c(C(=O)NCCN2CCCCC2)cc(-c2ccc(Cl)cc2)n1-c1ccc(F)cc1F. The number of nitrogens with zero attached hydrogens (tertiary/aromatic N) is 2. The van der Waals surface area contributed by atoms with Crippen molar-refractivity contribution in [3.8, 4) is 16.9 Å². The number of hydrogen-bond donors (Lipinski definition) is 1. The first kappa shape index (κ1) is 22.5. The zero-order valence-electron chi connectivity index (χ0n) is 18.0. The van der Waals surface area contributed by atoms with E-state index >= 15 is 0 Å². The van der Waals surface area contributed by atoms with Crippen LogP contribution in [0.15, 0.2) is 48.5 Å². The number of aromatic nitrogens is 1. The maximum Gasteiger partial charge on any atom is 0.253 e. The first-order valence-electron chi connectivity index (χ1n) is 10.9. The average molecular weight is 458 g/mol. The number of likely N-dealkylation sites (tertiary alicyclic amines) is 1. The molecule has 1 aliphatic heterocycles. The van der Waals surface area contributed by atoms with Gasteiger partial charge in [-0.15, -0.1) is 0 Å². The third-order valence-corrected chi connectivity index (χ3v) is 6.20. The summed E-state index contributed by atoms with van der Waals surface area (Å²) in [6, 6.07) is 12.3. The van der Waals surface area contributed by atoms with Gasteiger partial charge in [0, 0.05) is 29.9 Å². The van der Waals surface area contributed by atoms with Gasteiger partial charge in [0.15, 0.2) is 0 Å². The Kier molecular flexibility index (Phi) is 6.92. The van der Waals surface area contributed by atoms with Crippen molar-refractivity contribution >= 4 is 17.5 Å². The van der Waals surface area contributed by atoms with Crippen molar-refractivity contribution in [2.24, 2.45) is 0 Å². The largest absolute Gasteiger partial charge is 0.351 e. The van der Waals surface area contributed by atoms with Crippen molar-refractivity contribution in [3.63, 3.8) is 0 Å². The number of carbonyl (C=O) groups is 1. The van der Waals surface area contributed by atoms with Crippen LogP contribution in [0.25, 0.3) is 16.9 Å². The summed E-state index contributed by atoms with van der Waals surface area (Å²) in [6.07, 6.45) is 3.66. The van der Waals surface area contributed by atoms with Crippen LogP contribution in [-0.4, -0.2) is 41.6 Å². The Morgan fingerprint density at radius 1 is 1.03 bits per heavy atom. The lowest BCUT2D eigenvalue weighted by molar-refractivity contribution is 0.0946. The minimum Gasteiger partial charge on any atom is -0.351 e. The van der Waals surface area contributed by atoms with Gasteiger partial charge in [-0.2, -0.15) is 0 Å². The van der Waals surface area contributed by atoms with Crippen molar-refractivity contribution in [2.75, 3.05) is 26.2 Å². The molecule has 1 aliphatic rings. The topological polar surface area (TPSA) is 37.3 Å². The van der Waals surface area contributed by atoms with Crippen LogP contribution in [0.1, 0.15) is 35.3 Å². The average Bonchev–Trinajstić information content (AvgIpc) is 3.12. The molecule has 2 aromatic carbocycles. The highest BCUT2D eigenvalue weighted by Crippen LogP contribution is 2.31. The molecule has 0 spiro atoms. The molecule has 0 bridgehead atoms. The van der Waals surface area contributed by atoms with Gasteiger partial charge in [-0.25, -0.2) is 8.78 Å². The lowest BCUT2D eigenvalue weighted by atomic mass is 10.1. The minimum absolute atomic E-state index is 0.182. The van der Waals surface area contributed by atoms with Gasteiger partial charge < -0.3 is 14.8 Å². The second-order valence-electron chi connectivity index (χ2n) is 8.12. The van der Waals surface area contributed by atoms with Crippen LogP contribution in [0.3, 0.4) is 0 Å². The smallest absolute Gasteiger partial charge is 0.253 e. The van der Waals surface area contributed by atoms with Gasteiger partial charge in [-0.1, -0.05) is 30.2 Å². The molecule has 4 rings (SSSR count). The molecular weight excluding hydrogens is 432 g/mol. The van der Waals surface area contributed by atoms with Gasteiger partial charge in [0.25, 0.3) is 5.91 Å². The first-order valence-corrected chi connectivity index (χ1v) is 11.3. The quantitative estimate of drug-likeness (QED) is 0.523. The molecule has 1 amide bonds. The fourth-order valence-electron chi connectivity index (χ4n) is 4.25. The van der Waals surface area contributed by atoms with E-state index in [4.69, 9.17) is 11.6 Å². The second kappa shape index (κ2) is 9.84. The summed E-state index contributed by atoms with van der Waals surface area (Å²) in [4.78, 5) is 15.4. The molecule has 0 unspecified atom stereocenters. The Hall–Kier alpha value is -2.70. The van der Waals surface area contributed by atoms with Crippen LogP contribution in [0, 0.1) is 18.6 Å². The van der Waals surface area contributed by atoms with Crippen LogP contribution in [0.5, 0.6) is 0 Å². The third-order valence-electron chi connectivity index (χ3n) is 5.94. The summed E-state index contributed by atoms with van der Waals surface area (Å²) < 4.78 is 29.9. The summed E-state index contributed by atoms with van der Waals surface area (Å²) in [6.45, 7) is 5.25. The van der Waals surface area contributed by atoms with Gasteiger partial charge in [-0.3, -0.25) is 4.79 Å². The van der Waals surface area contributed by atoms with Crippen LogP contribution < -0.4 is 5.32 Å². The fourth-order valence-corrected chi connectivity index (χ4v) is 4.37. The molecule has 0 aliphatic carbocycles. The summed E-state index contributed by atoms with van der Waals surface area (Å²) in [7, 11) is 0. The summed E-state index contributed by atoms with van der Waals surface area (Å²) >= 11 is 6.03. The monoisotopic (exact) mass is 457 g/mol. The predicted octanol–water partition coefficient (Wildman–Crippen LogP) is 5.60. The predicted molar refractivity (Wildman–Crippen MR) is 123 cm³/mol. The number of benzene rings is 2. The Balaban J connectivity index is 1.65. The number of nitrogens with one attached hydrogen (secondary N) is 1. The number of hydrogen-bond acceptors (Lipinski definition) is 2. The van der Waals surface area contributed by atoms with Gasteiger partial charge in [0.2, 0.25) is 0 Å². The molecule has 0 atom stereocenters. The third kappa shape index (κ3) is 4.87. The standard InChI is InChI=1S/C25H26ClF2N3O/c1-17-21(25(32)29-11-14-30-12-3-2-4-13-30)16-24(18-5-7-19(26)8-6-18)31(17)23-10-9-20(27)15-22(23)28/h5-10,15-16H,2-4,11-14H2,1H3,(H,29,32). The van der Waals surface area contributed by atoms with Crippen molar-refractivity contribution < 1.29 is 13.6 Å². The highest BCUT2D eigenvalue weighted by Gasteiger charge is 2.22. The van der Waals surface area contributed by atoms with Crippen LogP contribution in [0.2, 0.25) is 5.02 Å². The first-order chi connectivity index (χ1) is 15.4. The Morgan fingerprint density at radius 2 is 1.75 bits per heavy atom. The van der Waals surface area contributed by atoms with Crippen LogP contribution >= 0.6 is 11.6 Å². The molecule has 32 heavy (non-hydrogen) atoms. The molecule has 3 aromatic rings. The molecule has 168 valence electrons. The van der Waals surface area contributed by atoms with Crippen molar-refractivity contribution in [1.29, 1.82) is 0 Å². The van der Waals surface area contributed by atoms with Gasteiger partial charge in [0.1, 0.15) is 11.6 Å². The number of rotatable bonds is 6. The summed E-state index contributed by atoms with van der Waals surface area (Å²) in [5, 5.41) is 3.57. The van der Waals surface area contributed by atoms with Crippen molar-refractivity contribution in [1.82, 2.24) is 14.8 Å². The summed E-state index contributed by atoms with van der Waals surface area (Å²) in [5.41, 5.74) is 2.62. The zero-order valence-corrected chi connectivity index (χ0v) is 18.8. The highest BCUT2D eigenvalue weighted by molar-refractivity contribution is 6.30. The lowest BCUT2D eigenvalue weighted by Gasteiger charge is -2.26. The molecule has 7 heteroatoms. The van der Waals surface area contributed by atoms with E-state index in [1.165, 1.54) is 31.4 Å². The number of amides is 1. The van der Waals surface area contributed by atoms with E-state index in [1.54, 1.807) is 29.7 Å². The van der Waals surface area contributed by atoms with E-state index in [-0.39, 0.29) is 11.6 Å². The number of carbonyl (C=O) groups excluding carboxylic acids is 1. The van der Waals surface area contributed by atoms with E-state index in [2.05, 4.69) is 10.2 Å². The Labute approximate surface area is 191 Å². The maximum atomic E-state index is 14.7. The molecule has 1 fully saturated rings. The van der Waals surface area contributed by atoms with Crippen molar-refractivity contribution in [2.45, 2.75) is 26.2 Å². The van der Waals surface area contributed by atoms with E-state index in [9.17, 15) is 13.6 Å². The molecule has 0 saturated carbocycles. The number of piperidine rings is 1. The molecule has 2 heterocycles. The Bertz CT molecular complexity index is 1110. The molecule has 1 saturated heterocycles. The van der Waals surface area contributed by atoms with E-state index in [1.807, 2.05) is 12.1 Å². The summed E-state index contributed by atoms with van der Waals surface area (Å²) in [5.74, 6) is -1.56. The molecule has 0 radical (unpaired) electrons. The Morgan fingerprint density at radius 3 is 2.44 bits per heavy atom. The molecule has 1 aromatic heterocycles. The minimum atomic E-state index is -0.698. The lowest BCUT2D eigenvalue weighted by Crippen LogP contribution is -2.37. The second-order valence-corrected chi connectivity index (χ2v) is 8.56. The van der Waals surface area contributed by atoms with Crippen LogP contribution in [-0.2, 0) is 0 Å². The molecular formula is C25H26ClF2N3O. The van der Waals surface area contributed by atoms with Gasteiger partial charge in [-0.05, 0) is 68.8 Å². The fraction of sp³-hybridized carbons (Fsp3) is 0.320. The zero-order chi connectivity index (χ0) is 22.7. The highest BCUT2D eigenvalue weighted by atomic mass is 35.5.